The first-order valence-corrected chi connectivity index (χ1v) is 7.98. The third kappa shape index (κ3) is 2.66. The van der Waals surface area contributed by atoms with Gasteiger partial charge in [-0.15, -0.1) is 11.3 Å². The Bertz CT molecular complexity index is 759. The molecule has 1 heterocycles. The molecule has 0 bridgehead atoms. The zero-order valence-electron chi connectivity index (χ0n) is 12.2. The Morgan fingerprint density at radius 1 is 1.05 bits per heavy atom. The normalized spacial score (nSPS) is 11.0. The van der Waals surface area contributed by atoms with E-state index in [2.05, 4.69) is 6.07 Å². The molecule has 2 aromatic carbocycles. The molecule has 0 amide bonds. The van der Waals surface area contributed by atoms with Crippen LogP contribution < -0.4 is 4.74 Å². The minimum Gasteiger partial charge on any atom is -0.494 e. The molecule has 1 aromatic heterocycles. The van der Waals surface area contributed by atoms with E-state index in [9.17, 15) is 4.39 Å². The van der Waals surface area contributed by atoms with Gasteiger partial charge < -0.3 is 4.74 Å². The Balaban J connectivity index is 2.02. The van der Waals surface area contributed by atoms with Crippen LogP contribution >= 0.6 is 11.3 Å². The molecule has 0 spiro atoms. The Hall–Kier alpha value is -1.87. The Labute approximate surface area is 128 Å². The summed E-state index contributed by atoms with van der Waals surface area (Å²) in [7, 11) is 0. The molecule has 0 atom stereocenters. The fourth-order valence-electron chi connectivity index (χ4n) is 2.41. The van der Waals surface area contributed by atoms with E-state index >= 15 is 0 Å². The summed E-state index contributed by atoms with van der Waals surface area (Å²) in [6, 6.07) is 13.9. The van der Waals surface area contributed by atoms with Gasteiger partial charge in [-0.1, -0.05) is 19.1 Å². The number of thiophene rings is 1. The summed E-state index contributed by atoms with van der Waals surface area (Å²) >= 11 is 1.51. The van der Waals surface area contributed by atoms with E-state index in [-0.39, 0.29) is 5.82 Å². The number of hydrogen-bond acceptors (Lipinski definition) is 2. The topological polar surface area (TPSA) is 9.23 Å². The minimum atomic E-state index is -0.0720. The number of fused-ring (bicyclic) bond motifs is 1. The quantitative estimate of drug-likeness (QED) is 0.603. The van der Waals surface area contributed by atoms with Crippen LogP contribution in [-0.2, 0) is 6.42 Å². The van der Waals surface area contributed by atoms with Gasteiger partial charge in [0, 0.05) is 4.88 Å². The number of halogens is 1. The third-order valence-electron chi connectivity index (χ3n) is 3.54. The van der Waals surface area contributed by atoms with Gasteiger partial charge in [0.25, 0.3) is 0 Å². The fourth-order valence-corrected chi connectivity index (χ4v) is 3.53. The SMILES string of the molecule is CCOc1ccc(-c2cc3ccc(CC)c(F)c3s2)cc1. The molecule has 3 rings (SSSR count). The highest BCUT2D eigenvalue weighted by Gasteiger charge is 2.11. The van der Waals surface area contributed by atoms with Gasteiger partial charge in [-0.3, -0.25) is 0 Å². The minimum absolute atomic E-state index is 0.0720. The second-order valence-electron chi connectivity index (χ2n) is 4.88. The molecule has 0 aliphatic heterocycles. The van der Waals surface area contributed by atoms with Gasteiger partial charge in [-0.25, -0.2) is 4.39 Å². The standard InChI is InChI=1S/C18H17FOS/c1-3-12-5-6-14-11-16(21-18(14)17(12)19)13-7-9-15(10-8-13)20-4-2/h5-11H,3-4H2,1-2H3. The van der Waals surface area contributed by atoms with Gasteiger partial charge in [0.15, 0.2) is 0 Å². The van der Waals surface area contributed by atoms with E-state index < -0.39 is 0 Å². The van der Waals surface area contributed by atoms with Crippen molar-refractivity contribution in [3.8, 4) is 16.2 Å². The van der Waals surface area contributed by atoms with Gasteiger partial charge in [-0.05, 0) is 60.2 Å². The van der Waals surface area contributed by atoms with E-state index in [1.54, 1.807) is 0 Å². The molecule has 0 radical (unpaired) electrons. The van der Waals surface area contributed by atoms with Crippen molar-refractivity contribution < 1.29 is 9.13 Å². The van der Waals surface area contributed by atoms with Crippen LogP contribution in [0, 0.1) is 5.82 Å². The van der Waals surface area contributed by atoms with Gasteiger partial charge in [0.2, 0.25) is 0 Å². The lowest BCUT2D eigenvalue weighted by atomic mass is 10.1. The smallest absolute Gasteiger partial charge is 0.144 e. The van der Waals surface area contributed by atoms with Crippen LogP contribution in [0.3, 0.4) is 0 Å². The largest absolute Gasteiger partial charge is 0.494 e. The van der Waals surface area contributed by atoms with Crippen LogP contribution in [-0.4, -0.2) is 6.61 Å². The summed E-state index contributed by atoms with van der Waals surface area (Å²) in [6.45, 7) is 4.60. The maximum absolute atomic E-state index is 14.4. The highest BCUT2D eigenvalue weighted by atomic mass is 32.1. The molecule has 0 N–H and O–H groups in total. The molecule has 0 aliphatic rings. The summed E-state index contributed by atoms with van der Waals surface area (Å²) in [5.74, 6) is 0.791. The lowest BCUT2D eigenvalue weighted by Gasteiger charge is -2.03. The van der Waals surface area contributed by atoms with E-state index in [4.69, 9.17) is 4.74 Å². The molecular formula is C18H17FOS. The number of rotatable bonds is 4. The molecule has 0 saturated carbocycles. The molecule has 0 aliphatic carbocycles. The Kier molecular flexibility index (Phi) is 3.93. The molecule has 0 fully saturated rings. The highest BCUT2D eigenvalue weighted by molar-refractivity contribution is 7.22. The number of hydrogen-bond donors (Lipinski definition) is 0. The van der Waals surface area contributed by atoms with E-state index in [1.807, 2.05) is 50.2 Å². The zero-order valence-corrected chi connectivity index (χ0v) is 13.0. The number of benzene rings is 2. The van der Waals surface area contributed by atoms with Crippen LogP contribution in [0.4, 0.5) is 4.39 Å². The van der Waals surface area contributed by atoms with Crippen LogP contribution in [0.1, 0.15) is 19.4 Å². The van der Waals surface area contributed by atoms with Gasteiger partial charge in [0.05, 0.1) is 11.3 Å². The number of aryl methyl sites for hydroxylation is 1. The predicted octanol–water partition coefficient (Wildman–Crippen LogP) is 5.67. The van der Waals surface area contributed by atoms with Crippen molar-refractivity contribution in [3.05, 3.63) is 53.8 Å². The van der Waals surface area contributed by atoms with Crippen molar-refractivity contribution in [2.75, 3.05) is 6.61 Å². The first-order chi connectivity index (χ1) is 10.2. The second kappa shape index (κ2) is 5.86. The van der Waals surface area contributed by atoms with Crippen molar-refractivity contribution in [3.63, 3.8) is 0 Å². The van der Waals surface area contributed by atoms with Crippen LogP contribution in [0.2, 0.25) is 0 Å². The van der Waals surface area contributed by atoms with Crippen molar-refractivity contribution in [1.29, 1.82) is 0 Å². The van der Waals surface area contributed by atoms with Gasteiger partial charge in [0.1, 0.15) is 11.6 Å². The van der Waals surface area contributed by atoms with Crippen LogP contribution in [0.5, 0.6) is 5.75 Å². The van der Waals surface area contributed by atoms with Crippen LogP contribution in [0.25, 0.3) is 20.5 Å². The van der Waals surface area contributed by atoms with Crippen molar-refractivity contribution >= 4 is 21.4 Å². The first kappa shape index (κ1) is 14.1. The summed E-state index contributed by atoms with van der Waals surface area (Å²) in [4.78, 5) is 1.08. The molecule has 0 saturated heterocycles. The van der Waals surface area contributed by atoms with E-state index in [0.717, 1.165) is 38.3 Å². The summed E-state index contributed by atoms with van der Waals surface area (Å²) in [5, 5.41) is 0.971. The maximum atomic E-state index is 14.4. The predicted molar refractivity (Wildman–Crippen MR) is 87.8 cm³/mol. The van der Waals surface area contributed by atoms with Crippen molar-refractivity contribution in [2.45, 2.75) is 20.3 Å². The van der Waals surface area contributed by atoms with E-state index in [1.165, 1.54) is 11.3 Å². The number of ether oxygens (including phenoxy) is 1. The monoisotopic (exact) mass is 300 g/mol. The highest BCUT2D eigenvalue weighted by Crippen LogP contribution is 2.36. The molecule has 108 valence electrons. The Morgan fingerprint density at radius 3 is 2.48 bits per heavy atom. The summed E-state index contributed by atoms with van der Waals surface area (Å²) in [5.41, 5.74) is 1.87. The molecule has 3 aromatic rings. The van der Waals surface area contributed by atoms with Gasteiger partial charge in [-0.2, -0.15) is 0 Å². The molecule has 0 unspecified atom stereocenters. The zero-order chi connectivity index (χ0) is 14.8. The van der Waals surface area contributed by atoms with Gasteiger partial charge >= 0.3 is 0 Å². The van der Waals surface area contributed by atoms with Crippen molar-refractivity contribution in [1.82, 2.24) is 0 Å². The van der Waals surface area contributed by atoms with E-state index in [0.29, 0.717) is 6.61 Å². The second-order valence-corrected chi connectivity index (χ2v) is 5.93. The lowest BCUT2D eigenvalue weighted by Crippen LogP contribution is -1.90. The fraction of sp³-hybridized carbons (Fsp3) is 0.222. The first-order valence-electron chi connectivity index (χ1n) is 7.17. The van der Waals surface area contributed by atoms with Crippen LogP contribution in [0.15, 0.2) is 42.5 Å². The molecule has 3 heteroatoms. The maximum Gasteiger partial charge on any atom is 0.144 e. The third-order valence-corrected chi connectivity index (χ3v) is 4.73. The lowest BCUT2D eigenvalue weighted by molar-refractivity contribution is 0.340. The average Bonchev–Trinajstić information content (AvgIpc) is 2.94. The van der Waals surface area contributed by atoms with Crippen molar-refractivity contribution in [2.24, 2.45) is 0 Å². The molecular weight excluding hydrogens is 283 g/mol. The molecule has 1 nitrogen and oxygen atoms in total. The summed E-state index contributed by atoms with van der Waals surface area (Å²) in [6.07, 6.45) is 0.720. The Morgan fingerprint density at radius 2 is 1.81 bits per heavy atom. The molecule has 21 heavy (non-hydrogen) atoms. The summed E-state index contributed by atoms with van der Waals surface area (Å²) < 4.78 is 20.6. The average molecular weight is 300 g/mol.